The summed E-state index contributed by atoms with van der Waals surface area (Å²) in [6.07, 6.45) is 0. The molecule has 2 aromatic rings. The average molecular weight is 265 g/mol. The lowest BCUT2D eigenvalue weighted by Gasteiger charge is -2.03. The number of phenolic OH excluding ortho intramolecular Hbond substituents is 1. The molecule has 0 bridgehead atoms. The molecule has 0 aliphatic rings. The van der Waals surface area contributed by atoms with Gasteiger partial charge in [-0.05, 0) is 35.4 Å². The van der Waals surface area contributed by atoms with Crippen LogP contribution in [0.2, 0.25) is 0 Å². The Morgan fingerprint density at radius 1 is 1.00 bits per heavy atom. The molecule has 0 heterocycles. The van der Waals surface area contributed by atoms with Crippen molar-refractivity contribution in [2.45, 2.75) is 16.5 Å². The Morgan fingerprint density at radius 2 is 1.76 bits per heavy atom. The molecule has 0 aliphatic carbocycles. The second-order valence-corrected chi connectivity index (χ2v) is 5.05. The van der Waals surface area contributed by atoms with Crippen molar-refractivity contribution in [2.75, 3.05) is 0 Å². The summed E-state index contributed by atoms with van der Waals surface area (Å²) < 4.78 is 0. The highest BCUT2D eigenvalue weighted by atomic mass is 35.5. The Labute approximate surface area is 110 Å². The van der Waals surface area contributed by atoms with Crippen molar-refractivity contribution >= 4 is 23.4 Å². The standard InChI is InChI=1S/C14H13ClOS/c15-9-11-4-6-14(7-5-11)17-10-12-2-1-3-13(16)8-12/h1-8,16H,9-10H2. The van der Waals surface area contributed by atoms with E-state index in [1.807, 2.05) is 24.3 Å². The molecule has 0 aromatic heterocycles. The molecule has 0 saturated carbocycles. The molecular weight excluding hydrogens is 252 g/mol. The van der Waals surface area contributed by atoms with E-state index in [2.05, 4.69) is 12.1 Å². The van der Waals surface area contributed by atoms with Crippen molar-refractivity contribution in [2.24, 2.45) is 0 Å². The smallest absolute Gasteiger partial charge is 0.115 e. The monoisotopic (exact) mass is 264 g/mol. The SMILES string of the molecule is Oc1cccc(CSc2ccc(CCl)cc2)c1. The number of alkyl halides is 1. The maximum absolute atomic E-state index is 9.35. The Kier molecular flexibility index (Phi) is 4.35. The Bertz CT molecular complexity index is 482. The van der Waals surface area contributed by atoms with E-state index < -0.39 is 0 Å². The van der Waals surface area contributed by atoms with Crippen LogP contribution in [0, 0.1) is 0 Å². The van der Waals surface area contributed by atoms with Crippen LogP contribution >= 0.6 is 23.4 Å². The number of rotatable bonds is 4. The fourth-order valence-corrected chi connectivity index (χ4v) is 2.51. The van der Waals surface area contributed by atoms with Crippen LogP contribution in [0.1, 0.15) is 11.1 Å². The van der Waals surface area contributed by atoms with Crippen molar-refractivity contribution in [3.05, 3.63) is 59.7 Å². The lowest BCUT2D eigenvalue weighted by molar-refractivity contribution is 0.475. The van der Waals surface area contributed by atoms with Crippen LogP contribution in [0.3, 0.4) is 0 Å². The minimum absolute atomic E-state index is 0.320. The van der Waals surface area contributed by atoms with Gasteiger partial charge in [0.1, 0.15) is 5.75 Å². The number of aromatic hydroxyl groups is 1. The first-order valence-electron chi connectivity index (χ1n) is 5.33. The third-order valence-corrected chi connectivity index (χ3v) is 3.79. The minimum Gasteiger partial charge on any atom is -0.508 e. The lowest BCUT2D eigenvalue weighted by atomic mass is 10.2. The predicted molar refractivity (Wildman–Crippen MR) is 73.7 cm³/mol. The number of phenols is 1. The van der Waals surface area contributed by atoms with Gasteiger partial charge in [-0.25, -0.2) is 0 Å². The van der Waals surface area contributed by atoms with Crippen LogP contribution in [0.4, 0.5) is 0 Å². The van der Waals surface area contributed by atoms with Crippen molar-refractivity contribution in [3.8, 4) is 5.75 Å². The molecule has 0 amide bonds. The van der Waals surface area contributed by atoms with Crippen LogP contribution in [0.15, 0.2) is 53.4 Å². The molecule has 17 heavy (non-hydrogen) atoms. The van der Waals surface area contributed by atoms with Crippen LogP contribution in [-0.4, -0.2) is 5.11 Å². The number of hydrogen-bond acceptors (Lipinski definition) is 2. The van der Waals surface area contributed by atoms with Gasteiger partial charge in [0, 0.05) is 16.5 Å². The fourth-order valence-electron chi connectivity index (χ4n) is 1.49. The van der Waals surface area contributed by atoms with Gasteiger partial charge in [-0.1, -0.05) is 24.3 Å². The number of thioether (sulfide) groups is 1. The van der Waals surface area contributed by atoms with E-state index in [4.69, 9.17) is 11.6 Å². The molecular formula is C14H13ClOS. The minimum atomic E-state index is 0.320. The molecule has 0 atom stereocenters. The second-order valence-electron chi connectivity index (χ2n) is 3.74. The van der Waals surface area contributed by atoms with Gasteiger partial charge in [0.25, 0.3) is 0 Å². The molecule has 2 aromatic carbocycles. The highest BCUT2D eigenvalue weighted by Gasteiger charge is 1.98. The first kappa shape index (κ1) is 12.3. The molecule has 0 unspecified atom stereocenters. The van der Waals surface area contributed by atoms with Gasteiger partial charge < -0.3 is 5.11 Å². The average Bonchev–Trinajstić information content (AvgIpc) is 2.37. The largest absolute Gasteiger partial charge is 0.508 e. The molecule has 3 heteroatoms. The maximum atomic E-state index is 9.35. The molecule has 0 spiro atoms. The number of hydrogen-bond donors (Lipinski definition) is 1. The van der Waals surface area contributed by atoms with Crippen LogP contribution in [0.25, 0.3) is 0 Å². The van der Waals surface area contributed by atoms with Crippen molar-refractivity contribution in [1.82, 2.24) is 0 Å². The maximum Gasteiger partial charge on any atom is 0.115 e. The van der Waals surface area contributed by atoms with Gasteiger partial charge >= 0.3 is 0 Å². The van der Waals surface area contributed by atoms with E-state index >= 15 is 0 Å². The molecule has 88 valence electrons. The van der Waals surface area contributed by atoms with E-state index in [9.17, 15) is 5.11 Å². The highest BCUT2D eigenvalue weighted by molar-refractivity contribution is 7.98. The molecule has 1 nitrogen and oxygen atoms in total. The van der Waals surface area contributed by atoms with Gasteiger partial charge in [-0.15, -0.1) is 23.4 Å². The summed E-state index contributed by atoms with van der Waals surface area (Å²) in [5.41, 5.74) is 2.25. The van der Waals surface area contributed by atoms with Gasteiger partial charge in [0.05, 0.1) is 0 Å². The third kappa shape index (κ3) is 3.69. The molecule has 0 saturated heterocycles. The normalized spacial score (nSPS) is 10.4. The fraction of sp³-hybridized carbons (Fsp3) is 0.143. The summed E-state index contributed by atoms with van der Waals surface area (Å²) >= 11 is 7.48. The predicted octanol–water partition coefficient (Wildman–Crippen LogP) is 4.42. The number of halogens is 1. The zero-order chi connectivity index (χ0) is 12.1. The summed E-state index contributed by atoms with van der Waals surface area (Å²) in [5.74, 6) is 1.73. The Balaban J connectivity index is 1.97. The van der Waals surface area contributed by atoms with E-state index in [0.717, 1.165) is 16.9 Å². The molecule has 0 aliphatic heterocycles. The molecule has 2 rings (SSSR count). The van der Waals surface area contributed by atoms with Crippen LogP contribution in [0.5, 0.6) is 5.75 Å². The van der Waals surface area contributed by atoms with E-state index in [1.165, 1.54) is 4.90 Å². The van der Waals surface area contributed by atoms with Crippen molar-refractivity contribution in [3.63, 3.8) is 0 Å². The summed E-state index contributed by atoms with van der Waals surface area (Å²) in [6, 6.07) is 15.6. The summed E-state index contributed by atoms with van der Waals surface area (Å²) in [7, 11) is 0. The molecule has 1 N–H and O–H groups in total. The van der Waals surface area contributed by atoms with E-state index in [0.29, 0.717) is 11.6 Å². The van der Waals surface area contributed by atoms with Gasteiger partial charge in [0.2, 0.25) is 0 Å². The van der Waals surface area contributed by atoms with Gasteiger partial charge in [-0.3, -0.25) is 0 Å². The quantitative estimate of drug-likeness (QED) is 0.651. The first-order chi connectivity index (χ1) is 8.28. The molecule has 0 radical (unpaired) electrons. The van der Waals surface area contributed by atoms with Gasteiger partial charge in [-0.2, -0.15) is 0 Å². The lowest BCUT2D eigenvalue weighted by Crippen LogP contribution is -1.81. The summed E-state index contributed by atoms with van der Waals surface area (Å²) in [6.45, 7) is 0. The first-order valence-corrected chi connectivity index (χ1v) is 6.85. The van der Waals surface area contributed by atoms with Crippen LogP contribution in [-0.2, 0) is 11.6 Å². The van der Waals surface area contributed by atoms with E-state index in [-0.39, 0.29) is 0 Å². The zero-order valence-corrected chi connectivity index (χ0v) is 10.8. The Hall–Kier alpha value is -1.12. The summed E-state index contributed by atoms with van der Waals surface area (Å²) in [4.78, 5) is 1.21. The zero-order valence-electron chi connectivity index (χ0n) is 9.27. The molecule has 0 fully saturated rings. The van der Waals surface area contributed by atoms with E-state index in [1.54, 1.807) is 23.9 Å². The third-order valence-electron chi connectivity index (χ3n) is 2.39. The van der Waals surface area contributed by atoms with Crippen LogP contribution < -0.4 is 0 Å². The topological polar surface area (TPSA) is 20.2 Å². The Morgan fingerprint density at radius 3 is 2.41 bits per heavy atom. The van der Waals surface area contributed by atoms with Crippen molar-refractivity contribution in [1.29, 1.82) is 0 Å². The summed E-state index contributed by atoms with van der Waals surface area (Å²) in [5, 5.41) is 9.35. The second kappa shape index (κ2) is 5.99. The highest BCUT2D eigenvalue weighted by Crippen LogP contribution is 2.24. The van der Waals surface area contributed by atoms with Gasteiger partial charge in [0.15, 0.2) is 0 Å². The van der Waals surface area contributed by atoms with Crippen molar-refractivity contribution < 1.29 is 5.11 Å². The number of benzene rings is 2.